The zero-order valence-corrected chi connectivity index (χ0v) is 78.7. The molecular weight excluding hydrogens is 2140 g/mol. The number of nitrogens with zero attached hydrogens (tertiary/aromatic N) is 7. The summed E-state index contributed by atoms with van der Waals surface area (Å²) in [6.45, 7) is 0. The van der Waals surface area contributed by atoms with Crippen LogP contribution in [0, 0.1) is 18.2 Å². The van der Waals surface area contributed by atoms with E-state index in [-0.39, 0.29) is 60.3 Å². The van der Waals surface area contributed by atoms with Gasteiger partial charge in [-0.15, -0.1) is 107 Å². The summed E-state index contributed by atoms with van der Waals surface area (Å²) >= 11 is 0. The first-order valence-electron chi connectivity index (χ1n) is 43.5. The van der Waals surface area contributed by atoms with Crippen molar-refractivity contribution in [3.05, 3.63) is 516 Å². The van der Waals surface area contributed by atoms with Gasteiger partial charge in [0.15, 0.2) is 0 Å². The van der Waals surface area contributed by atoms with Crippen LogP contribution in [0.25, 0.3) is 204 Å². The Hall–Kier alpha value is -15.3. The van der Waals surface area contributed by atoms with Gasteiger partial charge in [-0.05, 0) is 196 Å². The van der Waals surface area contributed by atoms with Crippen LogP contribution in [0.15, 0.2) is 498 Å². The average molecular weight is 2220 g/mol. The summed E-state index contributed by atoms with van der Waals surface area (Å²) in [5, 5.41) is 15.1. The molecule has 6 aromatic heterocycles. The van der Waals surface area contributed by atoms with Crippen LogP contribution in [0.2, 0.25) is 0 Å². The minimum absolute atomic E-state index is 0. The molecule has 25 aromatic rings. The normalized spacial score (nSPS) is 10.8. The Morgan fingerprint density at radius 2 is 0.576 bits per heavy atom. The Bertz CT molecular complexity index is 7840. The van der Waals surface area contributed by atoms with Crippen LogP contribution >= 0.6 is 0 Å². The van der Waals surface area contributed by atoms with Crippen LogP contribution in [-0.2, 0) is 60.3 Å². The number of hydrogen-bond donors (Lipinski definition) is 0. The fourth-order valence-electron chi connectivity index (χ4n) is 17.8. The molecule has 0 N–H and O–H groups in total. The molecule has 0 amide bonds. The molecule has 3 radical (unpaired) electrons. The molecule has 0 aliphatic carbocycles. The van der Waals surface area contributed by atoms with Crippen molar-refractivity contribution < 1.29 is 60.3 Å². The molecule has 0 unspecified atom stereocenters. The number of para-hydroxylation sites is 6. The van der Waals surface area contributed by atoms with Crippen LogP contribution < -0.4 is 0 Å². The van der Waals surface area contributed by atoms with E-state index in [4.69, 9.17) is 4.98 Å². The molecule has 0 spiro atoms. The molecule has 10 heteroatoms. The monoisotopic (exact) mass is 2220 g/mol. The molecule has 19 aromatic carbocycles. The van der Waals surface area contributed by atoms with Crippen molar-refractivity contribution in [1.82, 2.24) is 33.6 Å². The van der Waals surface area contributed by atoms with Crippen LogP contribution in [0.4, 0.5) is 0 Å². The summed E-state index contributed by atoms with van der Waals surface area (Å²) < 4.78 is 6.99. The molecule has 7 nitrogen and oxygen atoms in total. The van der Waals surface area contributed by atoms with Gasteiger partial charge in [-0.3, -0.25) is 4.57 Å². The molecule has 25 rings (SSSR count). The molecule has 0 fully saturated rings. The zero-order chi connectivity index (χ0) is 86.0. The number of hydrogen-bond acceptors (Lipinski definition) is 4. The summed E-state index contributed by atoms with van der Waals surface area (Å²) in [6.07, 6.45) is 5.44. The number of rotatable bonds is 11. The van der Waals surface area contributed by atoms with Crippen molar-refractivity contribution in [2.24, 2.45) is 0 Å². The van der Waals surface area contributed by atoms with Crippen molar-refractivity contribution in [2.45, 2.75) is 0 Å². The SMILES string of the molecule is [Ir].[Ir].[Ir].[c-]1ccc(-c2ccccc2)cc1-c1ccccn1.[c-]1ccccc1-c1ccccn1.[c-]1ccccc1-c1nccc2ccccc12.c1ccc(-c2nc3ccccc3n2-c2ccc(-c3c4ccccc4c(-c4ccc5ccccc5c4)c4ccccc34)cc2)cc1.c1ccc2c(c1)c1ccccc1n2-c1ccc(-c2ccc(-n3c4ccccc4c4ccccc43)cc2)cc1. The second kappa shape index (κ2) is 40.6. The fraction of sp³-hybridized carbons (Fsp3) is 0. The van der Waals surface area contributed by atoms with E-state index in [9.17, 15) is 0 Å². The topological polar surface area (TPSA) is 66.3 Å². The maximum atomic E-state index is 5.04. The Balaban J connectivity index is 0.000000120. The second-order valence-electron chi connectivity index (χ2n) is 31.6. The van der Waals surface area contributed by atoms with E-state index in [1.54, 1.807) is 12.4 Å². The molecule has 0 saturated carbocycles. The van der Waals surface area contributed by atoms with Crippen molar-refractivity contribution in [2.75, 3.05) is 0 Å². The molecule has 0 aliphatic heterocycles. The number of imidazole rings is 1. The summed E-state index contributed by atoms with van der Waals surface area (Å²) in [5.74, 6) is 0.945. The third-order valence-corrected chi connectivity index (χ3v) is 23.9. The van der Waals surface area contributed by atoms with Crippen molar-refractivity contribution in [3.8, 4) is 107 Å². The number of pyridine rings is 3. The first-order valence-corrected chi connectivity index (χ1v) is 43.5. The van der Waals surface area contributed by atoms with Crippen molar-refractivity contribution in [1.29, 1.82) is 0 Å². The Kier molecular flexibility index (Phi) is 26.9. The minimum atomic E-state index is 0. The molecule has 635 valence electrons. The van der Waals surface area contributed by atoms with Gasteiger partial charge in [-0.1, -0.05) is 315 Å². The Morgan fingerprint density at radius 1 is 0.197 bits per heavy atom. The second-order valence-corrected chi connectivity index (χ2v) is 31.6. The number of benzene rings is 19. The molecule has 0 aliphatic rings. The first-order chi connectivity index (χ1) is 64.0. The summed E-state index contributed by atoms with van der Waals surface area (Å²) in [6, 6.07) is 177. The molecular formula is C122H82Ir3N7-3. The molecule has 0 atom stereocenters. The van der Waals surface area contributed by atoms with Gasteiger partial charge >= 0.3 is 0 Å². The summed E-state index contributed by atoms with van der Waals surface area (Å²) in [5.41, 5.74) is 27.4. The van der Waals surface area contributed by atoms with Crippen LogP contribution in [-0.4, -0.2) is 33.6 Å². The van der Waals surface area contributed by atoms with Gasteiger partial charge in [0.05, 0.1) is 33.1 Å². The average Bonchev–Trinajstić information content (AvgIpc) is 1.47. The molecule has 0 saturated heterocycles. The maximum Gasteiger partial charge on any atom is 0.145 e. The van der Waals surface area contributed by atoms with Crippen LogP contribution in [0.5, 0.6) is 0 Å². The standard InChI is InChI=1S/C43H28N2.C36H24N2.C17H12N.C15H10N.C11H8N.3Ir/c1-2-13-31(14-3-1)43-44-39-20-10-11-21-40(39)45(43)34-26-24-30(25-27-34)41-35-16-6-8-18-37(35)42(38-19-9-7-17-36(38)41)33-23-22-29-12-4-5-15-32(29)28-33;1-5-13-33-29(9-1)30-10-2-6-14-34(30)37(33)27-21-17-25(18-22-27)26-19-23-28(24-20-26)38-35-15-7-3-11-31(35)32-12-4-8-16-36(32)38;1-2-7-14(8-3-1)15-9-6-10-16(13-15)17-11-4-5-12-18-17;1-2-7-13(8-3-1)15-14-9-5-4-6-12(14)10-11-16-15;1-2-6-10(7-3-1)11-8-4-5-9-12-11;;;/h1-28H;1-24H;1-9,11-13H;1-7,9-11H;1-6,8-9H;;;/q;;3*-1;;;. The number of aromatic nitrogens is 7. The van der Waals surface area contributed by atoms with E-state index in [2.05, 4.69) is 393 Å². The van der Waals surface area contributed by atoms with Gasteiger partial charge in [0.2, 0.25) is 0 Å². The third kappa shape index (κ3) is 18.0. The smallest absolute Gasteiger partial charge is 0.145 e. The molecule has 132 heavy (non-hydrogen) atoms. The van der Waals surface area contributed by atoms with Gasteiger partial charge in [0.25, 0.3) is 0 Å². The van der Waals surface area contributed by atoms with E-state index >= 15 is 0 Å². The van der Waals surface area contributed by atoms with Crippen molar-refractivity contribution >= 4 is 97.7 Å². The summed E-state index contributed by atoms with van der Waals surface area (Å²) in [7, 11) is 0. The van der Waals surface area contributed by atoms with Gasteiger partial charge in [-0.2, -0.15) is 0 Å². The van der Waals surface area contributed by atoms with E-state index < -0.39 is 0 Å². The molecule has 6 heterocycles. The van der Waals surface area contributed by atoms with Gasteiger partial charge in [0.1, 0.15) is 5.82 Å². The predicted octanol–water partition coefficient (Wildman–Crippen LogP) is 31.5. The number of fused-ring (bicyclic) bond motifs is 11. The quantitative estimate of drug-likeness (QED) is 0.0956. The van der Waals surface area contributed by atoms with Gasteiger partial charge in [0, 0.05) is 123 Å². The van der Waals surface area contributed by atoms with Crippen LogP contribution in [0.1, 0.15) is 0 Å². The minimum Gasteiger partial charge on any atom is -0.309 e. The maximum absolute atomic E-state index is 5.04. The zero-order valence-electron chi connectivity index (χ0n) is 71.5. The Labute approximate surface area is 807 Å². The van der Waals surface area contributed by atoms with Gasteiger partial charge in [-0.25, -0.2) is 4.98 Å². The van der Waals surface area contributed by atoms with E-state index in [1.165, 1.54) is 143 Å². The van der Waals surface area contributed by atoms with E-state index in [0.717, 1.165) is 61.9 Å². The Morgan fingerprint density at radius 3 is 1.08 bits per heavy atom. The predicted molar refractivity (Wildman–Crippen MR) is 539 cm³/mol. The van der Waals surface area contributed by atoms with Crippen molar-refractivity contribution in [3.63, 3.8) is 0 Å². The third-order valence-electron chi connectivity index (χ3n) is 23.9. The van der Waals surface area contributed by atoms with E-state index in [0.29, 0.717) is 0 Å². The largest absolute Gasteiger partial charge is 0.309 e. The van der Waals surface area contributed by atoms with E-state index in [1.807, 2.05) is 140 Å². The summed E-state index contributed by atoms with van der Waals surface area (Å²) in [4.78, 5) is 18.1. The van der Waals surface area contributed by atoms with Crippen LogP contribution in [0.3, 0.4) is 0 Å². The fourth-order valence-corrected chi connectivity index (χ4v) is 17.8. The molecule has 0 bridgehead atoms. The van der Waals surface area contributed by atoms with Gasteiger partial charge < -0.3 is 24.1 Å². The first kappa shape index (κ1) is 87.4.